The molecule has 8 heteroatoms. The van der Waals surface area contributed by atoms with Crippen molar-refractivity contribution in [1.82, 2.24) is 9.55 Å². The lowest BCUT2D eigenvalue weighted by molar-refractivity contribution is -0.115. The summed E-state index contributed by atoms with van der Waals surface area (Å²) in [7, 11) is 1.58. The van der Waals surface area contributed by atoms with Crippen LogP contribution >= 0.6 is 11.8 Å². The summed E-state index contributed by atoms with van der Waals surface area (Å²) in [5, 5.41) is 3.05. The summed E-state index contributed by atoms with van der Waals surface area (Å²) in [5.41, 5.74) is 1.59. The Balaban J connectivity index is 1.78. The van der Waals surface area contributed by atoms with E-state index >= 15 is 0 Å². The lowest BCUT2D eigenvalue weighted by Gasteiger charge is -2.22. The number of thioether (sulfide) groups is 1. The van der Waals surface area contributed by atoms with E-state index in [4.69, 9.17) is 9.72 Å². The van der Waals surface area contributed by atoms with Crippen molar-refractivity contribution in [1.29, 1.82) is 0 Å². The van der Waals surface area contributed by atoms with Crippen molar-refractivity contribution in [2.24, 2.45) is 0 Å². The molecule has 1 amide bonds. The molecule has 0 aliphatic rings. The molecule has 1 aromatic heterocycles. The summed E-state index contributed by atoms with van der Waals surface area (Å²) in [6, 6.07) is 21.7. The molecule has 0 unspecified atom stereocenters. The SMILES string of the molecule is COC[C@@H](C)n1c(S[C@H](C(=O)Nc2ccc(F)cc2)c2ccccc2)nc2ccccc2c1=O. The molecule has 4 rings (SSSR count). The lowest BCUT2D eigenvalue weighted by atomic mass is 10.1. The van der Waals surface area contributed by atoms with Crippen molar-refractivity contribution in [3.8, 4) is 0 Å². The fraction of sp³-hybridized carbons (Fsp3) is 0.192. The predicted molar refractivity (Wildman–Crippen MR) is 133 cm³/mol. The Morgan fingerprint density at radius 2 is 1.74 bits per heavy atom. The maximum atomic E-state index is 13.4. The molecular weight excluding hydrogens is 453 g/mol. The molecule has 0 radical (unpaired) electrons. The average Bonchev–Trinajstić information content (AvgIpc) is 2.84. The van der Waals surface area contributed by atoms with Gasteiger partial charge in [-0.15, -0.1) is 0 Å². The summed E-state index contributed by atoms with van der Waals surface area (Å²) in [6.45, 7) is 2.19. The van der Waals surface area contributed by atoms with Crippen LogP contribution in [0.5, 0.6) is 0 Å². The molecule has 1 heterocycles. The number of para-hydroxylation sites is 1. The van der Waals surface area contributed by atoms with Crippen LogP contribution in [-0.2, 0) is 9.53 Å². The van der Waals surface area contributed by atoms with Gasteiger partial charge in [0.1, 0.15) is 11.1 Å². The van der Waals surface area contributed by atoms with E-state index in [1.807, 2.05) is 43.3 Å². The molecule has 0 aliphatic heterocycles. The highest BCUT2D eigenvalue weighted by atomic mass is 32.2. The summed E-state index contributed by atoms with van der Waals surface area (Å²) in [5.74, 6) is -0.695. The quantitative estimate of drug-likeness (QED) is 0.278. The van der Waals surface area contributed by atoms with E-state index in [1.54, 1.807) is 29.9 Å². The highest BCUT2D eigenvalue weighted by Gasteiger charge is 2.26. The van der Waals surface area contributed by atoms with Crippen molar-refractivity contribution in [2.75, 3.05) is 19.0 Å². The Kier molecular flexibility index (Phi) is 7.40. The first-order chi connectivity index (χ1) is 16.5. The van der Waals surface area contributed by atoms with Crippen LogP contribution < -0.4 is 10.9 Å². The molecule has 0 saturated carbocycles. The zero-order valence-corrected chi connectivity index (χ0v) is 19.6. The zero-order chi connectivity index (χ0) is 24.1. The van der Waals surface area contributed by atoms with Gasteiger partial charge in [-0.1, -0.05) is 54.2 Å². The monoisotopic (exact) mass is 477 g/mol. The number of benzene rings is 3. The number of hydrogen-bond donors (Lipinski definition) is 1. The summed E-state index contributed by atoms with van der Waals surface area (Å²) in [4.78, 5) is 31.5. The van der Waals surface area contributed by atoms with Crippen LogP contribution in [0.4, 0.5) is 10.1 Å². The van der Waals surface area contributed by atoms with Crippen LogP contribution in [-0.4, -0.2) is 29.2 Å². The van der Waals surface area contributed by atoms with Gasteiger partial charge in [-0.05, 0) is 48.9 Å². The van der Waals surface area contributed by atoms with Gasteiger partial charge >= 0.3 is 0 Å². The van der Waals surface area contributed by atoms with Crippen LogP contribution in [0.15, 0.2) is 88.8 Å². The number of rotatable bonds is 8. The van der Waals surface area contributed by atoms with Gasteiger partial charge in [0.2, 0.25) is 5.91 Å². The second kappa shape index (κ2) is 10.6. The third-order valence-electron chi connectivity index (χ3n) is 5.30. The minimum atomic E-state index is -0.708. The minimum Gasteiger partial charge on any atom is -0.383 e. The molecule has 4 aromatic rings. The van der Waals surface area contributed by atoms with Gasteiger partial charge in [-0.3, -0.25) is 14.2 Å². The first-order valence-electron chi connectivity index (χ1n) is 10.8. The first-order valence-corrected chi connectivity index (χ1v) is 11.6. The molecule has 6 nitrogen and oxygen atoms in total. The molecule has 3 aromatic carbocycles. The van der Waals surface area contributed by atoms with Crippen molar-refractivity contribution in [3.05, 3.63) is 101 Å². The van der Waals surface area contributed by atoms with E-state index < -0.39 is 5.25 Å². The highest BCUT2D eigenvalue weighted by molar-refractivity contribution is 8.00. The lowest BCUT2D eigenvalue weighted by Crippen LogP contribution is -2.29. The number of aromatic nitrogens is 2. The molecule has 0 fully saturated rings. The number of halogens is 1. The number of ether oxygens (including phenoxy) is 1. The molecule has 2 atom stereocenters. The van der Waals surface area contributed by atoms with Gasteiger partial charge in [0, 0.05) is 12.8 Å². The Labute approximate surface area is 200 Å². The Morgan fingerprint density at radius 3 is 2.44 bits per heavy atom. The number of nitrogens with one attached hydrogen (secondary N) is 1. The first kappa shape index (κ1) is 23.7. The number of anilines is 1. The summed E-state index contributed by atoms with van der Waals surface area (Å²) >= 11 is 1.19. The molecule has 0 aliphatic carbocycles. The minimum absolute atomic E-state index is 0.191. The molecule has 174 valence electrons. The molecule has 0 saturated heterocycles. The van der Waals surface area contributed by atoms with Crippen LogP contribution in [0.1, 0.15) is 23.8 Å². The molecule has 0 spiro atoms. The van der Waals surface area contributed by atoms with E-state index in [0.29, 0.717) is 28.4 Å². The highest BCUT2D eigenvalue weighted by Crippen LogP contribution is 2.36. The van der Waals surface area contributed by atoms with Crippen LogP contribution in [0.3, 0.4) is 0 Å². The van der Waals surface area contributed by atoms with Gasteiger partial charge in [0.25, 0.3) is 5.56 Å². The van der Waals surface area contributed by atoms with Crippen molar-refractivity contribution < 1.29 is 13.9 Å². The Hall–Kier alpha value is -3.49. The molecule has 1 N–H and O–H groups in total. The van der Waals surface area contributed by atoms with Gasteiger partial charge < -0.3 is 10.1 Å². The smallest absolute Gasteiger partial charge is 0.262 e. The number of amides is 1. The Bertz CT molecular complexity index is 1340. The van der Waals surface area contributed by atoms with E-state index in [9.17, 15) is 14.0 Å². The summed E-state index contributed by atoms with van der Waals surface area (Å²) < 4.78 is 20.2. The number of carbonyl (C=O) groups excluding carboxylic acids is 1. The van der Waals surface area contributed by atoms with Crippen molar-refractivity contribution in [3.63, 3.8) is 0 Å². The topological polar surface area (TPSA) is 73.2 Å². The average molecular weight is 478 g/mol. The van der Waals surface area contributed by atoms with Crippen LogP contribution in [0, 0.1) is 5.82 Å². The number of carbonyl (C=O) groups is 1. The largest absolute Gasteiger partial charge is 0.383 e. The van der Waals surface area contributed by atoms with Crippen LogP contribution in [0.2, 0.25) is 0 Å². The maximum Gasteiger partial charge on any atom is 0.262 e. The number of hydrogen-bond acceptors (Lipinski definition) is 5. The predicted octanol–water partition coefficient (Wildman–Crippen LogP) is 5.22. The van der Waals surface area contributed by atoms with Gasteiger partial charge in [-0.25, -0.2) is 9.37 Å². The number of nitrogens with zero attached hydrogens (tertiary/aromatic N) is 2. The molecule has 0 bridgehead atoms. The zero-order valence-electron chi connectivity index (χ0n) is 18.8. The van der Waals surface area contributed by atoms with Crippen molar-refractivity contribution >= 4 is 34.3 Å². The van der Waals surface area contributed by atoms with E-state index in [-0.39, 0.29) is 23.3 Å². The second-order valence-electron chi connectivity index (χ2n) is 7.80. The normalized spacial score (nSPS) is 12.9. The summed E-state index contributed by atoms with van der Waals surface area (Å²) in [6.07, 6.45) is 0. The Morgan fingerprint density at radius 1 is 1.06 bits per heavy atom. The standard InChI is InChI=1S/C26H24FN3O3S/c1-17(16-33-2)30-25(32)21-10-6-7-11-22(21)29-26(30)34-23(18-8-4-3-5-9-18)24(31)28-20-14-12-19(27)13-15-20/h3-15,17,23H,16H2,1-2H3,(H,28,31)/t17-,23+/m1/s1. The molecule has 34 heavy (non-hydrogen) atoms. The fourth-order valence-electron chi connectivity index (χ4n) is 3.66. The van der Waals surface area contributed by atoms with Crippen molar-refractivity contribution in [2.45, 2.75) is 23.4 Å². The van der Waals surface area contributed by atoms with E-state index in [1.165, 1.54) is 36.0 Å². The molecular formula is C26H24FN3O3S. The fourth-order valence-corrected chi connectivity index (χ4v) is 4.86. The van der Waals surface area contributed by atoms with Gasteiger partial charge in [-0.2, -0.15) is 0 Å². The third kappa shape index (κ3) is 5.18. The van der Waals surface area contributed by atoms with E-state index in [2.05, 4.69) is 5.32 Å². The second-order valence-corrected chi connectivity index (χ2v) is 8.87. The van der Waals surface area contributed by atoms with Crippen LogP contribution in [0.25, 0.3) is 10.9 Å². The van der Waals surface area contributed by atoms with Gasteiger partial charge in [0.05, 0.1) is 23.6 Å². The van der Waals surface area contributed by atoms with Gasteiger partial charge in [0.15, 0.2) is 5.16 Å². The van der Waals surface area contributed by atoms with E-state index in [0.717, 1.165) is 5.56 Å². The number of fused-ring (bicyclic) bond motifs is 1. The number of methoxy groups -OCH3 is 1. The maximum absolute atomic E-state index is 13.4. The third-order valence-corrected chi connectivity index (χ3v) is 6.52.